The van der Waals surface area contributed by atoms with Crippen molar-refractivity contribution in [3.05, 3.63) is 118 Å². The molecule has 2 aliphatic rings. The standard InChI is InChI=1S/C37H36Cl2N6/c38-30-12-7-26(8-13-30)24-44-34-6-2-1-5-32(34)40-36(44)43-21-17-28(18-22-43)29-11-16-35-33(23-29)41-37(42-19-3-4-20-42)45(35)25-27-9-14-31(39)15-10-27/h1-2,5-16,23,28H,3-4,17-22,24-25H2. The molecule has 8 rings (SSSR count). The number of rotatable bonds is 7. The Morgan fingerprint density at radius 1 is 0.578 bits per heavy atom. The molecule has 6 aromatic rings. The largest absolute Gasteiger partial charge is 0.342 e. The van der Waals surface area contributed by atoms with Crippen LogP contribution < -0.4 is 9.80 Å². The maximum atomic E-state index is 6.18. The summed E-state index contributed by atoms with van der Waals surface area (Å²) in [6.45, 7) is 5.62. The molecule has 2 fully saturated rings. The highest BCUT2D eigenvalue weighted by Gasteiger charge is 2.26. The molecule has 0 N–H and O–H groups in total. The van der Waals surface area contributed by atoms with E-state index in [1.165, 1.54) is 35.0 Å². The van der Waals surface area contributed by atoms with E-state index in [9.17, 15) is 0 Å². The lowest BCUT2D eigenvalue weighted by Gasteiger charge is -2.33. The molecule has 8 heteroatoms. The number of benzene rings is 4. The lowest BCUT2D eigenvalue weighted by molar-refractivity contribution is 0.495. The lowest BCUT2D eigenvalue weighted by Crippen LogP contribution is -2.35. The number of halogens is 2. The quantitative estimate of drug-likeness (QED) is 0.176. The maximum absolute atomic E-state index is 6.18. The summed E-state index contributed by atoms with van der Waals surface area (Å²) >= 11 is 12.4. The number of para-hydroxylation sites is 2. The molecule has 0 bridgehead atoms. The van der Waals surface area contributed by atoms with Crippen molar-refractivity contribution in [1.29, 1.82) is 0 Å². The second kappa shape index (κ2) is 12.1. The maximum Gasteiger partial charge on any atom is 0.206 e. The molecule has 0 radical (unpaired) electrons. The molecule has 0 saturated carbocycles. The van der Waals surface area contributed by atoms with Crippen LogP contribution in [0.15, 0.2) is 91.0 Å². The summed E-state index contributed by atoms with van der Waals surface area (Å²) < 4.78 is 4.75. The third-order valence-corrected chi connectivity index (χ3v) is 10.0. The van der Waals surface area contributed by atoms with Crippen LogP contribution in [0.2, 0.25) is 10.0 Å². The summed E-state index contributed by atoms with van der Waals surface area (Å²) in [6.07, 6.45) is 4.61. The summed E-state index contributed by atoms with van der Waals surface area (Å²) in [7, 11) is 0. The van der Waals surface area contributed by atoms with E-state index >= 15 is 0 Å². The second-order valence-corrected chi connectivity index (χ2v) is 13.3. The van der Waals surface area contributed by atoms with Gasteiger partial charge in [-0.15, -0.1) is 0 Å². The van der Waals surface area contributed by atoms with E-state index < -0.39 is 0 Å². The first-order valence-corrected chi connectivity index (χ1v) is 16.8. The molecule has 0 unspecified atom stereocenters. The van der Waals surface area contributed by atoms with Gasteiger partial charge in [0.15, 0.2) is 0 Å². The molecule has 4 heterocycles. The SMILES string of the molecule is Clc1ccc(Cn2c(N3CCCC3)nc3cc(C4CCN(c5nc6ccccc6n5Cc5ccc(Cl)cc5)CC4)ccc32)cc1. The highest BCUT2D eigenvalue weighted by molar-refractivity contribution is 6.30. The first kappa shape index (κ1) is 28.5. The van der Waals surface area contributed by atoms with E-state index in [4.69, 9.17) is 33.2 Å². The van der Waals surface area contributed by atoms with Gasteiger partial charge < -0.3 is 18.9 Å². The number of aromatic nitrogens is 4. The topological polar surface area (TPSA) is 42.1 Å². The molecule has 6 nitrogen and oxygen atoms in total. The van der Waals surface area contributed by atoms with Gasteiger partial charge in [0.1, 0.15) is 0 Å². The molecule has 45 heavy (non-hydrogen) atoms. The number of nitrogens with zero attached hydrogens (tertiary/aromatic N) is 6. The average molecular weight is 636 g/mol. The zero-order valence-electron chi connectivity index (χ0n) is 25.2. The van der Waals surface area contributed by atoms with Crippen molar-refractivity contribution in [3.63, 3.8) is 0 Å². The highest BCUT2D eigenvalue weighted by Crippen LogP contribution is 2.35. The van der Waals surface area contributed by atoms with Crippen LogP contribution in [0, 0.1) is 0 Å². The Morgan fingerprint density at radius 2 is 1.11 bits per heavy atom. The fourth-order valence-electron chi connectivity index (χ4n) is 7.12. The predicted octanol–water partition coefficient (Wildman–Crippen LogP) is 8.77. The Morgan fingerprint density at radius 3 is 1.73 bits per heavy atom. The van der Waals surface area contributed by atoms with Crippen molar-refractivity contribution in [2.75, 3.05) is 36.0 Å². The monoisotopic (exact) mass is 634 g/mol. The smallest absolute Gasteiger partial charge is 0.206 e. The van der Waals surface area contributed by atoms with Crippen molar-refractivity contribution in [2.45, 2.75) is 44.7 Å². The molecule has 0 spiro atoms. The van der Waals surface area contributed by atoms with Gasteiger partial charge in [0, 0.05) is 36.2 Å². The van der Waals surface area contributed by atoms with E-state index in [0.29, 0.717) is 5.92 Å². The first-order chi connectivity index (χ1) is 22.1. The van der Waals surface area contributed by atoms with Gasteiger partial charge in [0.25, 0.3) is 0 Å². The van der Waals surface area contributed by atoms with Crippen LogP contribution in [-0.2, 0) is 13.1 Å². The van der Waals surface area contributed by atoms with Crippen LogP contribution >= 0.6 is 23.2 Å². The highest BCUT2D eigenvalue weighted by atomic mass is 35.5. The summed E-state index contributed by atoms with van der Waals surface area (Å²) in [4.78, 5) is 15.3. The molecular formula is C37H36Cl2N6. The number of imidazole rings is 2. The Labute approximate surface area is 273 Å². The minimum atomic E-state index is 0.497. The third kappa shape index (κ3) is 5.66. The fraction of sp³-hybridized carbons (Fsp3) is 0.297. The van der Waals surface area contributed by atoms with E-state index in [2.05, 4.69) is 85.7 Å². The van der Waals surface area contributed by atoms with Gasteiger partial charge in [0.2, 0.25) is 11.9 Å². The van der Waals surface area contributed by atoms with Crippen LogP contribution in [0.3, 0.4) is 0 Å². The Balaban J connectivity index is 1.05. The number of hydrogen-bond acceptors (Lipinski definition) is 4. The molecule has 0 atom stereocenters. The molecule has 2 aromatic heterocycles. The van der Waals surface area contributed by atoms with E-state index in [-0.39, 0.29) is 0 Å². The van der Waals surface area contributed by atoms with Gasteiger partial charge in [-0.3, -0.25) is 0 Å². The molecular weight excluding hydrogens is 599 g/mol. The number of anilines is 2. The van der Waals surface area contributed by atoms with Crippen molar-refractivity contribution in [2.24, 2.45) is 0 Å². The van der Waals surface area contributed by atoms with Gasteiger partial charge >= 0.3 is 0 Å². The Bertz CT molecular complexity index is 1950. The first-order valence-electron chi connectivity index (χ1n) is 16.0. The van der Waals surface area contributed by atoms with Crippen molar-refractivity contribution in [3.8, 4) is 0 Å². The van der Waals surface area contributed by atoms with Gasteiger partial charge in [-0.25, -0.2) is 9.97 Å². The van der Waals surface area contributed by atoms with Gasteiger partial charge in [0.05, 0.1) is 35.2 Å². The minimum absolute atomic E-state index is 0.497. The van der Waals surface area contributed by atoms with Gasteiger partial charge in [-0.1, -0.05) is 65.7 Å². The van der Waals surface area contributed by atoms with E-state index in [1.54, 1.807) is 0 Å². The van der Waals surface area contributed by atoms with Crippen LogP contribution in [-0.4, -0.2) is 45.3 Å². The number of piperidine rings is 1. The van der Waals surface area contributed by atoms with E-state index in [0.717, 1.165) is 90.6 Å². The van der Waals surface area contributed by atoms with E-state index in [1.807, 2.05) is 24.3 Å². The Hall–Kier alpha value is -4.00. The predicted molar refractivity (Wildman–Crippen MR) is 186 cm³/mol. The lowest BCUT2D eigenvalue weighted by atomic mass is 9.89. The summed E-state index contributed by atoms with van der Waals surface area (Å²) in [5, 5.41) is 1.53. The molecule has 228 valence electrons. The van der Waals surface area contributed by atoms with Crippen LogP contribution in [0.5, 0.6) is 0 Å². The third-order valence-electron chi connectivity index (χ3n) is 9.53. The zero-order valence-corrected chi connectivity index (χ0v) is 26.8. The summed E-state index contributed by atoms with van der Waals surface area (Å²) in [6, 6.07) is 31.8. The van der Waals surface area contributed by atoms with Crippen molar-refractivity contribution < 1.29 is 0 Å². The minimum Gasteiger partial charge on any atom is -0.342 e. The number of hydrogen-bond donors (Lipinski definition) is 0. The second-order valence-electron chi connectivity index (χ2n) is 12.4. The summed E-state index contributed by atoms with van der Waals surface area (Å²) in [5.74, 6) is 2.64. The molecule has 2 aliphatic heterocycles. The van der Waals surface area contributed by atoms with Crippen molar-refractivity contribution >= 4 is 57.2 Å². The normalized spacial score (nSPS) is 16.0. The van der Waals surface area contributed by atoms with Crippen LogP contribution in [0.4, 0.5) is 11.9 Å². The molecule has 0 amide bonds. The number of fused-ring (bicyclic) bond motifs is 2. The van der Waals surface area contributed by atoms with Crippen LogP contribution in [0.1, 0.15) is 48.3 Å². The van der Waals surface area contributed by atoms with Gasteiger partial charge in [-0.05, 0) is 96.8 Å². The molecule has 2 saturated heterocycles. The Kier molecular flexibility index (Phi) is 7.64. The summed E-state index contributed by atoms with van der Waals surface area (Å²) in [5.41, 5.74) is 8.34. The molecule has 0 aliphatic carbocycles. The van der Waals surface area contributed by atoms with Crippen LogP contribution in [0.25, 0.3) is 22.1 Å². The molecule has 4 aromatic carbocycles. The zero-order chi connectivity index (χ0) is 30.3. The fourth-order valence-corrected chi connectivity index (χ4v) is 7.37. The van der Waals surface area contributed by atoms with Gasteiger partial charge in [-0.2, -0.15) is 0 Å². The van der Waals surface area contributed by atoms with Crippen molar-refractivity contribution in [1.82, 2.24) is 19.1 Å². The average Bonchev–Trinajstić information content (AvgIpc) is 3.81.